The van der Waals surface area contributed by atoms with Crippen LogP contribution in [0.5, 0.6) is 5.75 Å². The minimum Gasteiger partial charge on any atom is -0.494 e. The van der Waals surface area contributed by atoms with Crippen LogP contribution < -0.4 is 4.74 Å². The zero-order valence-corrected chi connectivity index (χ0v) is 22.0. The minimum atomic E-state index is 0.171. The Hall–Kier alpha value is -3.44. The number of unbranched alkanes of at least 4 members (excludes halogenated alkanes) is 1. The van der Waals surface area contributed by atoms with Crippen molar-refractivity contribution in [2.24, 2.45) is 16.8 Å². The van der Waals surface area contributed by atoms with Crippen molar-refractivity contribution in [1.29, 1.82) is 0 Å². The molecule has 0 spiro atoms. The first-order valence-corrected chi connectivity index (χ1v) is 13.4. The first kappa shape index (κ1) is 26.6. The van der Waals surface area contributed by atoms with Gasteiger partial charge in [-0.25, -0.2) is 4.98 Å². The standard InChI is InChI=1S/C32H38N2O3/c1-24-6-8-26(9-7-24)13-17-32-34-29(23-37-32)14-10-27-11-15-30(16-12-27)36-22-4-3-5-28-18-20-33-31(19-21-35)25(28)2/h6-9,11-13,15-18,20,23,25,28,35H,3-5,10,14,19,21-22H2,1-2H3/b17-13+. The van der Waals surface area contributed by atoms with Crippen molar-refractivity contribution in [3.05, 3.63) is 95.3 Å². The summed E-state index contributed by atoms with van der Waals surface area (Å²) in [6, 6.07) is 16.7. The van der Waals surface area contributed by atoms with Gasteiger partial charge in [-0.15, -0.1) is 0 Å². The summed E-state index contributed by atoms with van der Waals surface area (Å²) in [5.41, 5.74) is 5.71. The summed E-state index contributed by atoms with van der Waals surface area (Å²) in [6.07, 6.45) is 15.5. The summed E-state index contributed by atoms with van der Waals surface area (Å²) in [5.74, 6) is 2.46. The normalized spacial score (nSPS) is 17.3. The van der Waals surface area contributed by atoms with Crippen molar-refractivity contribution in [3.8, 4) is 5.75 Å². The predicted molar refractivity (Wildman–Crippen MR) is 151 cm³/mol. The highest BCUT2D eigenvalue weighted by molar-refractivity contribution is 5.88. The van der Waals surface area contributed by atoms with Gasteiger partial charge in [0.1, 0.15) is 12.0 Å². The van der Waals surface area contributed by atoms with E-state index in [0.717, 1.165) is 61.4 Å². The molecule has 5 heteroatoms. The Morgan fingerprint density at radius 2 is 1.78 bits per heavy atom. The largest absolute Gasteiger partial charge is 0.494 e. The second-order valence-corrected chi connectivity index (χ2v) is 9.80. The van der Waals surface area contributed by atoms with Crippen molar-refractivity contribution in [3.63, 3.8) is 0 Å². The van der Waals surface area contributed by atoms with E-state index >= 15 is 0 Å². The van der Waals surface area contributed by atoms with Gasteiger partial charge in [-0.2, -0.15) is 0 Å². The Morgan fingerprint density at radius 3 is 2.57 bits per heavy atom. The molecule has 0 aliphatic carbocycles. The fourth-order valence-corrected chi connectivity index (χ4v) is 4.59. The predicted octanol–water partition coefficient (Wildman–Crippen LogP) is 7.09. The maximum absolute atomic E-state index is 9.20. The molecule has 3 aromatic rings. The van der Waals surface area contributed by atoms with Crippen LogP contribution in [-0.2, 0) is 12.8 Å². The fourth-order valence-electron chi connectivity index (χ4n) is 4.59. The quantitative estimate of drug-likeness (QED) is 0.255. The van der Waals surface area contributed by atoms with Gasteiger partial charge in [0.15, 0.2) is 0 Å². The smallest absolute Gasteiger partial charge is 0.218 e. The van der Waals surface area contributed by atoms with Crippen LogP contribution in [0.2, 0.25) is 0 Å². The van der Waals surface area contributed by atoms with Gasteiger partial charge in [0.25, 0.3) is 0 Å². The number of allylic oxidation sites excluding steroid dienone is 1. The number of aromatic nitrogens is 1. The molecular formula is C32H38N2O3. The number of oxazole rings is 1. The van der Waals surface area contributed by atoms with E-state index in [2.05, 4.69) is 78.4 Å². The van der Waals surface area contributed by atoms with Gasteiger partial charge < -0.3 is 14.3 Å². The molecular weight excluding hydrogens is 460 g/mol. The molecule has 0 saturated heterocycles. The highest BCUT2D eigenvalue weighted by atomic mass is 16.5. The molecule has 0 fully saturated rings. The number of benzene rings is 2. The second kappa shape index (κ2) is 13.8. The number of aliphatic imine (C=N–C) groups is 1. The Balaban J connectivity index is 1.14. The lowest BCUT2D eigenvalue weighted by atomic mass is 9.83. The summed E-state index contributed by atoms with van der Waals surface area (Å²) in [7, 11) is 0. The highest BCUT2D eigenvalue weighted by Crippen LogP contribution is 2.26. The molecule has 1 aliphatic rings. The average Bonchev–Trinajstić information content (AvgIpc) is 3.37. The van der Waals surface area contributed by atoms with Gasteiger partial charge in [0, 0.05) is 36.9 Å². The third-order valence-electron chi connectivity index (χ3n) is 6.97. The van der Waals surface area contributed by atoms with Crippen molar-refractivity contribution < 1.29 is 14.3 Å². The number of aliphatic hydroxyl groups is 1. The van der Waals surface area contributed by atoms with Gasteiger partial charge in [0.05, 0.1) is 12.3 Å². The zero-order valence-electron chi connectivity index (χ0n) is 22.0. The van der Waals surface area contributed by atoms with Gasteiger partial charge >= 0.3 is 0 Å². The number of nitrogens with zero attached hydrogens (tertiary/aromatic N) is 2. The summed E-state index contributed by atoms with van der Waals surface area (Å²) in [5, 5.41) is 9.20. The Morgan fingerprint density at radius 1 is 0.973 bits per heavy atom. The second-order valence-electron chi connectivity index (χ2n) is 9.80. The fraction of sp³-hybridized carbons (Fsp3) is 0.375. The molecule has 37 heavy (non-hydrogen) atoms. The molecule has 194 valence electrons. The first-order valence-electron chi connectivity index (χ1n) is 13.4. The first-order chi connectivity index (χ1) is 18.1. The molecule has 0 bridgehead atoms. The molecule has 0 saturated carbocycles. The molecule has 1 aromatic heterocycles. The Kier molecular flexibility index (Phi) is 9.89. The number of rotatable bonds is 13. The van der Waals surface area contributed by atoms with Gasteiger partial charge in [-0.1, -0.05) is 55.0 Å². The highest BCUT2D eigenvalue weighted by Gasteiger charge is 2.21. The van der Waals surface area contributed by atoms with Crippen LogP contribution in [-0.4, -0.2) is 29.0 Å². The maximum Gasteiger partial charge on any atom is 0.218 e. The summed E-state index contributed by atoms with van der Waals surface area (Å²) in [6.45, 7) is 5.19. The van der Waals surface area contributed by atoms with Crippen LogP contribution >= 0.6 is 0 Å². The van der Waals surface area contributed by atoms with Crippen molar-refractivity contribution in [1.82, 2.24) is 4.98 Å². The van der Waals surface area contributed by atoms with E-state index < -0.39 is 0 Å². The molecule has 4 rings (SSSR count). The molecule has 5 nitrogen and oxygen atoms in total. The van der Waals surface area contributed by atoms with E-state index in [9.17, 15) is 5.11 Å². The van der Waals surface area contributed by atoms with Gasteiger partial charge in [0.2, 0.25) is 5.89 Å². The number of aliphatic hydroxyl groups excluding tert-OH is 1. The van der Waals surface area contributed by atoms with Crippen LogP contribution in [0.1, 0.15) is 60.9 Å². The maximum atomic E-state index is 9.20. The van der Waals surface area contributed by atoms with Crippen molar-refractivity contribution in [2.75, 3.05) is 13.2 Å². The monoisotopic (exact) mass is 498 g/mol. The van der Waals surface area contributed by atoms with E-state index in [-0.39, 0.29) is 6.61 Å². The van der Waals surface area contributed by atoms with E-state index in [1.165, 1.54) is 11.1 Å². The molecule has 0 amide bonds. The molecule has 2 atom stereocenters. The van der Waals surface area contributed by atoms with Crippen LogP contribution in [0.15, 0.2) is 76.5 Å². The van der Waals surface area contributed by atoms with E-state index in [4.69, 9.17) is 9.15 Å². The molecule has 2 heterocycles. The summed E-state index contributed by atoms with van der Waals surface area (Å²) >= 11 is 0. The molecule has 1 N–H and O–H groups in total. The summed E-state index contributed by atoms with van der Waals surface area (Å²) < 4.78 is 11.6. The Labute approximate surface area is 220 Å². The van der Waals surface area contributed by atoms with Crippen LogP contribution in [0.4, 0.5) is 0 Å². The number of hydrogen-bond donors (Lipinski definition) is 1. The van der Waals surface area contributed by atoms with Crippen LogP contribution in [0.25, 0.3) is 12.2 Å². The van der Waals surface area contributed by atoms with Crippen LogP contribution in [0, 0.1) is 18.8 Å². The minimum absolute atomic E-state index is 0.171. The zero-order chi connectivity index (χ0) is 25.9. The molecule has 2 unspecified atom stereocenters. The van der Waals surface area contributed by atoms with Gasteiger partial charge in [-0.05, 0) is 74.3 Å². The van der Waals surface area contributed by atoms with Crippen molar-refractivity contribution >= 4 is 17.9 Å². The SMILES string of the molecule is Cc1ccc(/C=C/c2nc(CCc3ccc(OCCCCC4C=CN=C(CCO)C4C)cc3)co2)cc1. The molecule has 2 aromatic carbocycles. The lowest BCUT2D eigenvalue weighted by Gasteiger charge is -2.25. The van der Waals surface area contributed by atoms with E-state index in [1.54, 1.807) is 6.26 Å². The number of hydrogen-bond acceptors (Lipinski definition) is 5. The van der Waals surface area contributed by atoms with E-state index in [0.29, 0.717) is 24.1 Å². The third-order valence-corrected chi connectivity index (χ3v) is 6.97. The van der Waals surface area contributed by atoms with Gasteiger partial charge in [-0.3, -0.25) is 4.99 Å². The van der Waals surface area contributed by atoms with E-state index in [1.807, 2.05) is 18.4 Å². The Bertz CT molecular complexity index is 1190. The molecule has 1 aliphatic heterocycles. The average molecular weight is 499 g/mol. The lowest BCUT2D eigenvalue weighted by Crippen LogP contribution is -2.23. The summed E-state index contributed by atoms with van der Waals surface area (Å²) in [4.78, 5) is 9.02. The number of aryl methyl sites for hydroxylation is 3. The lowest BCUT2D eigenvalue weighted by molar-refractivity contribution is 0.296. The third kappa shape index (κ3) is 8.29. The topological polar surface area (TPSA) is 67.9 Å². The van der Waals surface area contributed by atoms with Crippen LogP contribution in [0.3, 0.4) is 0 Å². The molecule has 0 radical (unpaired) electrons. The number of ether oxygens (including phenoxy) is 1. The van der Waals surface area contributed by atoms with Crippen molar-refractivity contribution in [2.45, 2.75) is 52.4 Å².